The van der Waals surface area contributed by atoms with Gasteiger partial charge in [-0.2, -0.15) is 0 Å². The molecule has 2 atom stereocenters. The lowest BCUT2D eigenvalue weighted by Crippen LogP contribution is -2.52. The van der Waals surface area contributed by atoms with Crippen LogP contribution < -0.4 is 15.5 Å². The van der Waals surface area contributed by atoms with Gasteiger partial charge in [0.2, 0.25) is 5.91 Å². The molecule has 13 nitrogen and oxygen atoms in total. The molecule has 2 saturated heterocycles. The lowest BCUT2D eigenvalue weighted by atomic mass is 9.79. The molecule has 0 aliphatic carbocycles. The maximum atomic E-state index is 14.1. The first-order valence-electron chi connectivity index (χ1n) is 16.6. The number of amides is 4. The molecule has 0 bridgehead atoms. The Kier molecular flexibility index (Phi) is 9.14. The fraction of sp³-hybridized carbons (Fsp3) is 0.486. The minimum Gasteiger partial charge on any atom is -0.497 e. The SMILES string of the molecule is COC(=O)NC(C(=O)N1CN(C(=O)N2Cc3ccc(OC)cc3C2)C[C@H]1c1ncc(-c2ccc(B3OC(C)(C)C(C)(C)O3)cc2)[nH]1)C(C)C. The molecule has 1 unspecified atom stereocenters. The molecule has 4 amide bonds. The van der Waals surface area contributed by atoms with Crippen molar-refractivity contribution in [2.75, 3.05) is 27.4 Å². The van der Waals surface area contributed by atoms with Crippen LogP contribution in [0, 0.1) is 5.92 Å². The van der Waals surface area contributed by atoms with Gasteiger partial charge in [0.25, 0.3) is 0 Å². The number of hydrogen-bond acceptors (Lipinski definition) is 8. The Hall–Kier alpha value is -4.56. The van der Waals surface area contributed by atoms with Crippen LogP contribution in [0.4, 0.5) is 9.59 Å². The van der Waals surface area contributed by atoms with E-state index in [9.17, 15) is 14.4 Å². The Morgan fingerprint density at radius 2 is 1.65 bits per heavy atom. The highest BCUT2D eigenvalue weighted by atomic mass is 16.7. The summed E-state index contributed by atoms with van der Waals surface area (Å²) in [5.74, 6) is 0.693. The molecule has 14 heteroatoms. The highest BCUT2D eigenvalue weighted by molar-refractivity contribution is 6.62. The molecule has 0 saturated carbocycles. The first-order chi connectivity index (χ1) is 23.2. The molecule has 0 radical (unpaired) electrons. The second-order valence-corrected chi connectivity index (χ2v) is 14.2. The maximum absolute atomic E-state index is 14.1. The van der Waals surface area contributed by atoms with Crippen molar-refractivity contribution >= 4 is 30.6 Å². The van der Waals surface area contributed by atoms with Crippen molar-refractivity contribution in [1.29, 1.82) is 0 Å². The van der Waals surface area contributed by atoms with Crippen LogP contribution in [0.15, 0.2) is 48.7 Å². The van der Waals surface area contributed by atoms with Crippen LogP contribution in [0.25, 0.3) is 11.3 Å². The van der Waals surface area contributed by atoms with Crippen LogP contribution in [0.1, 0.15) is 64.5 Å². The van der Waals surface area contributed by atoms with Gasteiger partial charge in [-0.05, 0) is 67.9 Å². The Morgan fingerprint density at radius 3 is 2.29 bits per heavy atom. The Labute approximate surface area is 287 Å². The number of ether oxygens (including phenoxy) is 2. The summed E-state index contributed by atoms with van der Waals surface area (Å²) < 4.78 is 22.6. The van der Waals surface area contributed by atoms with Crippen LogP contribution in [0.2, 0.25) is 0 Å². The zero-order valence-corrected chi connectivity index (χ0v) is 29.4. The zero-order valence-electron chi connectivity index (χ0n) is 29.4. The Bertz CT molecular complexity index is 1710. The summed E-state index contributed by atoms with van der Waals surface area (Å²) in [4.78, 5) is 53.4. The summed E-state index contributed by atoms with van der Waals surface area (Å²) in [5, 5.41) is 2.68. The summed E-state index contributed by atoms with van der Waals surface area (Å²) in [6.07, 6.45) is 1.02. The first-order valence-corrected chi connectivity index (χ1v) is 16.6. The molecule has 3 aliphatic rings. The van der Waals surface area contributed by atoms with Crippen molar-refractivity contribution in [2.45, 2.75) is 77.9 Å². The van der Waals surface area contributed by atoms with Crippen LogP contribution in [0.3, 0.4) is 0 Å². The van der Waals surface area contributed by atoms with Crippen LogP contribution in [-0.4, -0.2) is 94.5 Å². The van der Waals surface area contributed by atoms with E-state index in [0.29, 0.717) is 18.9 Å². The lowest BCUT2D eigenvalue weighted by Gasteiger charge is -2.32. The average molecular weight is 673 g/mol. The van der Waals surface area contributed by atoms with Gasteiger partial charge in [-0.15, -0.1) is 0 Å². The number of imidazole rings is 1. The first kappa shape index (κ1) is 34.3. The van der Waals surface area contributed by atoms with Crippen molar-refractivity contribution in [3.8, 4) is 17.0 Å². The second kappa shape index (κ2) is 13.0. The third kappa shape index (κ3) is 6.59. The van der Waals surface area contributed by atoms with Crippen molar-refractivity contribution in [3.63, 3.8) is 0 Å². The van der Waals surface area contributed by atoms with Crippen molar-refractivity contribution < 1.29 is 33.2 Å². The standard InChI is InChI=1S/C35H45BN6O7/c1-21(2)29(39-32(44)47-8)31(43)42-20-41(33(45)40-17-23-11-14-26(46-7)15-24(23)18-40)19-28(42)30-37-16-27(38-30)22-9-12-25(13-10-22)36-48-34(3,4)35(5,6)49-36/h9-16,21,28-29H,17-20H2,1-8H3,(H,37,38)(H,39,44)/t28-,29?/m0/s1. The summed E-state index contributed by atoms with van der Waals surface area (Å²) in [6, 6.07) is 12.1. The van der Waals surface area contributed by atoms with Gasteiger partial charge in [0.15, 0.2) is 0 Å². The monoisotopic (exact) mass is 672 g/mol. The number of nitrogens with one attached hydrogen (secondary N) is 2. The number of methoxy groups -OCH3 is 2. The van der Waals surface area contributed by atoms with Gasteiger partial charge in [-0.25, -0.2) is 14.6 Å². The molecule has 3 aromatic rings. The minimum absolute atomic E-state index is 0.0311. The van der Waals surface area contributed by atoms with Gasteiger partial charge in [-0.3, -0.25) is 4.79 Å². The largest absolute Gasteiger partial charge is 0.497 e. The number of rotatable bonds is 7. The fourth-order valence-corrected chi connectivity index (χ4v) is 6.41. The van der Waals surface area contributed by atoms with E-state index in [1.54, 1.807) is 28.0 Å². The fourth-order valence-electron chi connectivity index (χ4n) is 6.41. The number of aromatic nitrogens is 2. The number of alkyl carbamates (subject to hydrolysis) is 1. The number of urea groups is 1. The molecule has 2 N–H and O–H groups in total. The van der Waals surface area contributed by atoms with Gasteiger partial charge in [0.05, 0.1) is 50.5 Å². The minimum atomic E-state index is -0.870. The normalized spacial score (nSPS) is 20.1. The van der Waals surface area contributed by atoms with Crippen LogP contribution in [-0.2, 0) is 31.9 Å². The molecule has 2 aromatic carbocycles. The summed E-state index contributed by atoms with van der Waals surface area (Å²) in [7, 11) is 2.40. The number of nitrogens with zero attached hydrogens (tertiary/aromatic N) is 4. The third-order valence-electron chi connectivity index (χ3n) is 10.1. The Morgan fingerprint density at radius 1 is 0.980 bits per heavy atom. The molecule has 2 fully saturated rings. The molecule has 260 valence electrons. The van der Waals surface area contributed by atoms with Crippen molar-refractivity contribution in [2.24, 2.45) is 5.92 Å². The van der Waals surface area contributed by atoms with Crippen molar-refractivity contribution in [1.82, 2.24) is 30.0 Å². The molecule has 0 spiro atoms. The molecule has 1 aromatic heterocycles. The molecule has 3 aliphatic heterocycles. The van der Waals surface area contributed by atoms with E-state index < -0.39 is 36.5 Å². The predicted octanol–water partition coefficient (Wildman–Crippen LogP) is 4.04. The number of H-pyrrole nitrogens is 1. The molecular weight excluding hydrogens is 627 g/mol. The number of carbonyl (C=O) groups excluding carboxylic acids is 3. The topological polar surface area (TPSA) is 139 Å². The van der Waals surface area contributed by atoms with E-state index in [1.165, 1.54) is 7.11 Å². The van der Waals surface area contributed by atoms with Crippen LogP contribution >= 0.6 is 0 Å². The van der Waals surface area contributed by atoms with Gasteiger partial charge in [-0.1, -0.05) is 44.2 Å². The summed E-state index contributed by atoms with van der Waals surface area (Å²) in [5.41, 5.74) is 3.75. The maximum Gasteiger partial charge on any atom is 0.494 e. The van der Waals surface area contributed by atoms with Gasteiger partial charge in [0, 0.05) is 13.1 Å². The molecular formula is C35H45BN6O7. The number of aromatic amines is 1. The predicted molar refractivity (Wildman–Crippen MR) is 183 cm³/mol. The lowest BCUT2D eigenvalue weighted by molar-refractivity contribution is -0.135. The van der Waals surface area contributed by atoms with E-state index in [-0.39, 0.29) is 31.1 Å². The van der Waals surface area contributed by atoms with E-state index in [4.69, 9.17) is 23.8 Å². The summed E-state index contributed by atoms with van der Waals surface area (Å²) in [6.45, 7) is 12.9. The van der Waals surface area contributed by atoms with E-state index in [1.807, 2.05) is 84.0 Å². The highest BCUT2D eigenvalue weighted by Gasteiger charge is 2.51. The third-order valence-corrected chi connectivity index (χ3v) is 10.1. The number of hydrogen-bond donors (Lipinski definition) is 2. The van der Waals surface area contributed by atoms with E-state index in [0.717, 1.165) is 33.6 Å². The van der Waals surface area contributed by atoms with Crippen LogP contribution in [0.5, 0.6) is 5.75 Å². The zero-order chi connectivity index (χ0) is 35.2. The van der Waals surface area contributed by atoms with Crippen molar-refractivity contribution in [3.05, 3.63) is 65.6 Å². The molecule has 6 rings (SSSR count). The summed E-state index contributed by atoms with van der Waals surface area (Å²) >= 11 is 0. The smallest absolute Gasteiger partial charge is 0.494 e. The van der Waals surface area contributed by atoms with Gasteiger partial charge in [0.1, 0.15) is 23.7 Å². The van der Waals surface area contributed by atoms with Gasteiger partial charge < -0.3 is 43.8 Å². The molecule has 49 heavy (non-hydrogen) atoms. The quantitative estimate of drug-likeness (QED) is 0.359. The molecule has 4 heterocycles. The number of benzene rings is 2. The highest BCUT2D eigenvalue weighted by Crippen LogP contribution is 2.37. The van der Waals surface area contributed by atoms with E-state index in [2.05, 4.69) is 10.3 Å². The average Bonchev–Trinajstić information content (AvgIpc) is 3.86. The second-order valence-electron chi connectivity index (χ2n) is 14.2. The Balaban J connectivity index is 1.24. The van der Waals surface area contributed by atoms with E-state index >= 15 is 0 Å². The number of carbonyl (C=O) groups is 3. The van der Waals surface area contributed by atoms with Gasteiger partial charge >= 0.3 is 19.2 Å². The number of fused-ring (bicyclic) bond motifs is 1.